The van der Waals surface area contributed by atoms with Crippen LogP contribution in [0.1, 0.15) is 27.7 Å². The molecule has 0 aliphatic carbocycles. The zero-order valence-electron chi connectivity index (χ0n) is 9.88. The van der Waals surface area contributed by atoms with E-state index < -0.39 is 17.0 Å². The summed E-state index contributed by atoms with van der Waals surface area (Å²) in [4.78, 5) is 25.0. The predicted molar refractivity (Wildman–Crippen MR) is 55.4 cm³/mol. The van der Waals surface area contributed by atoms with Crippen LogP contribution >= 0.6 is 0 Å². The number of nitrogens with zero attached hydrogens (tertiary/aromatic N) is 1. The molecule has 0 saturated carbocycles. The Labute approximate surface area is 89.8 Å². The second-order valence-corrected chi connectivity index (χ2v) is 4.35. The highest BCUT2D eigenvalue weighted by molar-refractivity contribution is 5.93. The first-order chi connectivity index (χ1) is 6.81. The van der Waals surface area contributed by atoms with Crippen LogP contribution in [-0.4, -0.2) is 41.6 Å². The summed E-state index contributed by atoms with van der Waals surface area (Å²) < 4.78 is 4.73. The zero-order valence-corrected chi connectivity index (χ0v) is 9.88. The molecule has 5 nitrogen and oxygen atoms in total. The number of hydrogen-bond donors (Lipinski definition) is 1. The number of nitrogens with one attached hydrogen (secondary N) is 1. The maximum absolute atomic E-state index is 11.7. The largest absolute Gasteiger partial charge is 0.467 e. The first kappa shape index (κ1) is 11.8. The van der Waals surface area contributed by atoms with Crippen molar-refractivity contribution in [1.82, 2.24) is 10.2 Å². The highest BCUT2D eigenvalue weighted by Crippen LogP contribution is 2.34. The number of methoxy groups -OCH3 is 1. The highest BCUT2D eigenvalue weighted by atomic mass is 16.5. The van der Waals surface area contributed by atoms with Crippen LogP contribution in [0, 0.1) is 0 Å². The van der Waals surface area contributed by atoms with Gasteiger partial charge in [-0.2, -0.15) is 0 Å². The lowest BCUT2D eigenvalue weighted by Gasteiger charge is -2.38. The summed E-state index contributed by atoms with van der Waals surface area (Å²) in [5.41, 5.74) is -1.58. The normalized spacial score (nSPS) is 28.9. The summed E-state index contributed by atoms with van der Waals surface area (Å²) in [6.07, 6.45) is 0. The second-order valence-electron chi connectivity index (χ2n) is 4.35. The van der Waals surface area contributed by atoms with Gasteiger partial charge in [-0.1, -0.05) is 0 Å². The maximum atomic E-state index is 11.7. The summed E-state index contributed by atoms with van der Waals surface area (Å²) >= 11 is 0. The minimum atomic E-state index is -0.991. The van der Waals surface area contributed by atoms with E-state index in [1.165, 1.54) is 7.11 Å². The van der Waals surface area contributed by atoms with Crippen molar-refractivity contribution in [1.29, 1.82) is 0 Å². The highest BCUT2D eigenvalue weighted by Gasteiger charge is 2.59. The summed E-state index contributed by atoms with van der Waals surface area (Å²) in [6, 6.07) is -0.226. The van der Waals surface area contributed by atoms with E-state index in [0.717, 1.165) is 0 Å². The zero-order chi connectivity index (χ0) is 11.9. The smallest absolute Gasteiger partial charge is 0.333 e. The molecule has 0 bridgehead atoms. The lowest BCUT2D eigenvalue weighted by atomic mass is 9.81. The number of urea groups is 1. The van der Waals surface area contributed by atoms with Gasteiger partial charge in [0.2, 0.25) is 0 Å². The Morgan fingerprint density at radius 3 is 2.33 bits per heavy atom. The topological polar surface area (TPSA) is 58.6 Å². The Kier molecular flexibility index (Phi) is 2.67. The van der Waals surface area contributed by atoms with Gasteiger partial charge in [0.25, 0.3) is 0 Å². The molecule has 86 valence electrons. The van der Waals surface area contributed by atoms with Crippen LogP contribution in [0.25, 0.3) is 0 Å². The summed E-state index contributed by atoms with van der Waals surface area (Å²) in [5.74, 6) is -0.420. The second kappa shape index (κ2) is 3.40. The van der Waals surface area contributed by atoms with Gasteiger partial charge in [-0.15, -0.1) is 0 Å². The van der Waals surface area contributed by atoms with Gasteiger partial charge in [0, 0.05) is 6.54 Å². The van der Waals surface area contributed by atoms with Crippen LogP contribution in [0.4, 0.5) is 4.79 Å². The third-order valence-electron chi connectivity index (χ3n) is 3.41. The number of ether oxygens (including phenoxy) is 1. The molecule has 5 heteroatoms. The Balaban J connectivity index is 3.14. The molecule has 1 atom stereocenters. The number of rotatable bonds is 2. The first-order valence-electron chi connectivity index (χ1n) is 4.99. The Hall–Kier alpha value is -1.26. The van der Waals surface area contributed by atoms with Crippen LogP contribution in [0.5, 0.6) is 0 Å². The average molecular weight is 214 g/mol. The quantitative estimate of drug-likeness (QED) is 0.690. The van der Waals surface area contributed by atoms with Gasteiger partial charge in [-0.25, -0.2) is 9.59 Å². The molecule has 1 saturated heterocycles. The molecule has 0 spiro atoms. The molecule has 1 fully saturated rings. The third-order valence-corrected chi connectivity index (χ3v) is 3.41. The lowest BCUT2D eigenvalue weighted by Crippen LogP contribution is -2.60. The van der Waals surface area contributed by atoms with E-state index >= 15 is 0 Å². The van der Waals surface area contributed by atoms with Crippen molar-refractivity contribution in [2.24, 2.45) is 0 Å². The van der Waals surface area contributed by atoms with Crippen LogP contribution in [0.3, 0.4) is 0 Å². The molecule has 1 aliphatic rings. The molecule has 1 aliphatic heterocycles. The molecule has 0 aromatic rings. The molecule has 1 N–H and O–H groups in total. The standard InChI is InChI=1S/C10H18N2O3/c1-6-12-8(14)11-10(4,7(13)15-5)9(12,2)3/h6H2,1-5H3,(H,11,14). The molecule has 0 aromatic heterocycles. The van der Waals surface area contributed by atoms with E-state index in [4.69, 9.17) is 4.74 Å². The Morgan fingerprint density at radius 2 is 2.00 bits per heavy atom. The minimum Gasteiger partial charge on any atom is -0.467 e. The minimum absolute atomic E-state index is 0.226. The van der Waals surface area contributed by atoms with Crippen molar-refractivity contribution in [3.63, 3.8) is 0 Å². The van der Waals surface area contributed by atoms with Crippen LogP contribution < -0.4 is 5.32 Å². The molecule has 0 aromatic carbocycles. The number of likely N-dealkylation sites (N-methyl/N-ethyl adjacent to an activating group) is 1. The van der Waals surface area contributed by atoms with E-state index in [-0.39, 0.29) is 6.03 Å². The van der Waals surface area contributed by atoms with E-state index in [0.29, 0.717) is 6.54 Å². The monoisotopic (exact) mass is 214 g/mol. The van der Waals surface area contributed by atoms with Gasteiger partial charge in [0.15, 0.2) is 5.54 Å². The van der Waals surface area contributed by atoms with Crippen molar-refractivity contribution >= 4 is 12.0 Å². The maximum Gasteiger partial charge on any atom is 0.333 e. The molecule has 2 amide bonds. The summed E-state index contributed by atoms with van der Waals surface area (Å²) in [7, 11) is 1.32. The number of carbonyl (C=O) groups excluding carboxylic acids is 2. The van der Waals surface area contributed by atoms with Crippen molar-refractivity contribution < 1.29 is 14.3 Å². The predicted octanol–water partition coefficient (Wildman–Crippen LogP) is 0.742. The van der Waals surface area contributed by atoms with E-state index in [2.05, 4.69) is 5.32 Å². The first-order valence-corrected chi connectivity index (χ1v) is 4.99. The number of esters is 1. The lowest BCUT2D eigenvalue weighted by molar-refractivity contribution is -0.150. The van der Waals surface area contributed by atoms with Gasteiger partial charge in [-0.05, 0) is 27.7 Å². The van der Waals surface area contributed by atoms with Crippen molar-refractivity contribution in [3.8, 4) is 0 Å². The molecule has 15 heavy (non-hydrogen) atoms. The molecule has 1 rings (SSSR count). The van der Waals surface area contributed by atoms with E-state index in [1.807, 2.05) is 20.8 Å². The molecule has 0 radical (unpaired) electrons. The van der Waals surface area contributed by atoms with Crippen LogP contribution in [0.15, 0.2) is 0 Å². The van der Waals surface area contributed by atoms with Crippen LogP contribution in [0.2, 0.25) is 0 Å². The Bertz CT molecular complexity index is 301. The van der Waals surface area contributed by atoms with Crippen molar-refractivity contribution in [2.45, 2.75) is 38.8 Å². The SMILES string of the molecule is CCN1C(=O)NC(C)(C(=O)OC)C1(C)C. The fourth-order valence-electron chi connectivity index (χ4n) is 2.00. The van der Waals surface area contributed by atoms with Gasteiger partial charge in [0.1, 0.15) is 0 Å². The van der Waals surface area contributed by atoms with E-state index in [9.17, 15) is 9.59 Å². The Morgan fingerprint density at radius 1 is 1.47 bits per heavy atom. The summed E-state index contributed by atoms with van der Waals surface area (Å²) in [5, 5.41) is 2.68. The average Bonchev–Trinajstić information content (AvgIpc) is 2.33. The third kappa shape index (κ3) is 1.37. The van der Waals surface area contributed by atoms with Crippen LogP contribution in [-0.2, 0) is 9.53 Å². The molecular weight excluding hydrogens is 196 g/mol. The number of hydrogen-bond acceptors (Lipinski definition) is 3. The molecular formula is C10H18N2O3. The summed E-state index contributed by atoms with van der Waals surface area (Å²) in [6.45, 7) is 7.83. The molecule has 1 unspecified atom stereocenters. The fourth-order valence-corrected chi connectivity index (χ4v) is 2.00. The van der Waals surface area contributed by atoms with Crippen molar-refractivity contribution in [2.75, 3.05) is 13.7 Å². The van der Waals surface area contributed by atoms with E-state index in [1.54, 1.807) is 11.8 Å². The number of amides is 2. The fraction of sp³-hybridized carbons (Fsp3) is 0.800. The van der Waals surface area contributed by atoms with Gasteiger partial charge in [0.05, 0.1) is 12.6 Å². The molecule has 1 heterocycles. The van der Waals surface area contributed by atoms with Gasteiger partial charge < -0.3 is 15.0 Å². The number of carbonyl (C=O) groups is 2. The van der Waals surface area contributed by atoms with Gasteiger partial charge in [-0.3, -0.25) is 0 Å². The van der Waals surface area contributed by atoms with Crippen molar-refractivity contribution in [3.05, 3.63) is 0 Å². The van der Waals surface area contributed by atoms with Gasteiger partial charge >= 0.3 is 12.0 Å².